The fourth-order valence-electron chi connectivity index (χ4n) is 3.16. The van der Waals surface area contributed by atoms with Gasteiger partial charge in [0, 0.05) is 0 Å². The number of aryl methyl sites for hydroxylation is 2. The Morgan fingerprint density at radius 1 is 0.792 bits per heavy atom. The van der Waals surface area contributed by atoms with Crippen molar-refractivity contribution in [1.29, 1.82) is 0 Å². The molecule has 1 saturated carbocycles. The predicted octanol–water partition coefficient (Wildman–Crippen LogP) is 6.29. The average Bonchev–Trinajstić information content (AvgIpc) is 2.60. The monoisotopic (exact) mass is 344 g/mol. The summed E-state index contributed by atoms with van der Waals surface area (Å²) in [5.74, 6) is 1.31. The molecule has 1 aliphatic rings. The molecule has 2 aromatic rings. The van der Waals surface area contributed by atoms with Gasteiger partial charge in [-0.1, -0.05) is 55.7 Å². The molecule has 0 amide bonds. The topological polar surface area (TPSA) is 35.5 Å². The van der Waals surface area contributed by atoms with Gasteiger partial charge in [-0.15, -0.1) is 0 Å². The van der Waals surface area contributed by atoms with Gasteiger partial charge in [-0.2, -0.15) is 0 Å². The van der Waals surface area contributed by atoms with Crippen LogP contribution in [0.5, 0.6) is 11.5 Å². The summed E-state index contributed by atoms with van der Waals surface area (Å²) in [5, 5.41) is 0. The molecule has 0 N–H and O–H groups in total. The number of hydrogen-bond donors (Lipinski definition) is 0. The summed E-state index contributed by atoms with van der Waals surface area (Å²) < 4.78 is 25.9. The van der Waals surface area contributed by atoms with E-state index in [4.69, 9.17) is 9.05 Å². The molecule has 4 heteroatoms. The minimum Gasteiger partial charge on any atom is -0.416 e. The van der Waals surface area contributed by atoms with E-state index >= 15 is 0 Å². The van der Waals surface area contributed by atoms with Gasteiger partial charge >= 0.3 is 7.60 Å². The highest BCUT2D eigenvalue weighted by Gasteiger charge is 2.40. The first kappa shape index (κ1) is 17.1. The summed E-state index contributed by atoms with van der Waals surface area (Å²) in [7, 11) is -3.29. The molecule has 2 aromatic carbocycles. The minimum atomic E-state index is -3.29. The summed E-state index contributed by atoms with van der Waals surface area (Å²) in [6, 6.07) is 15.4. The van der Waals surface area contributed by atoms with Gasteiger partial charge in [0.05, 0.1) is 5.66 Å². The minimum absolute atomic E-state index is 0.0366. The molecular weight excluding hydrogens is 319 g/mol. The Hall–Kier alpha value is -1.73. The smallest absolute Gasteiger partial charge is 0.416 e. The second kappa shape index (κ2) is 7.44. The first-order valence-electron chi connectivity index (χ1n) is 8.69. The highest BCUT2D eigenvalue weighted by molar-refractivity contribution is 7.55. The van der Waals surface area contributed by atoms with Crippen LogP contribution in [0.2, 0.25) is 0 Å². The molecule has 0 radical (unpaired) electrons. The largest absolute Gasteiger partial charge is 0.433 e. The van der Waals surface area contributed by atoms with Crippen LogP contribution >= 0.6 is 7.60 Å². The zero-order valence-electron chi connectivity index (χ0n) is 14.4. The van der Waals surface area contributed by atoms with Crippen molar-refractivity contribution in [3.8, 4) is 11.5 Å². The van der Waals surface area contributed by atoms with Crippen LogP contribution in [0.25, 0.3) is 0 Å². The van der Waals surface area contributed by atoms with Gasteiger partial charge < -0.3 is 9.05 Å². The Balaban J connectivity index is 1.93. The molecule has 0 aliphatic heterocycles. The zero-order valence-corrected chi connectivity index (χ0v) is 15.3. The Kier molecular flexibility index (Phi) is 5.30. The van der Waals surface area contributed by atoms with Gasteiger partial charge in [-0.25, -0.2) is 4.57 Å². The van der Waals surface area contributed by atoms with Crippen molar-refractivity contribution in [1.82, 2.24) is 0 Å². The molecule has 1 aliphatic carbocycles. The maximum Gasteiger partial charge on any atom is 0.433 e. The lowest BCUT2D eigenvalue weighted by Gasteiger charge is -2.30. The van der Waals surface area contributed by atoms with Crippen molar-refractivity contribution in [2.45, 2.75) is 51.6 Å². The van der Waals surface area contributed by atoms with Crippen molar-refractivity contribution < 1.29 is 13.6 Å². The molecule has 1 fully saturated rings. The Morgan fingerprint density at radius 2 is 1.25 bits per heavy atom. The first-order chi connectivity index (χ1) is 11.6. The van der Waals surface area contributed by atoms with Crippen molar-refractivity contribution in [2.75, 3.05) is 0 Å². The van der Waals surface area contributed by atoms with Crippen LogP contribution in [0.1, 0.15) is 43.2 Å². The SMILES string of the molecule is Cc1ccccc1OP(=O)(Oc1ccccc1C)C1CCCCC1. The van der Waals surface area contributed by atoms with E-state index in [0.29, 0.717) is 11.5 Å². The second-order valence-electron chi connectivity index (χ2n) is 6.55. The van der Waals surface area contributed by atoms with E-state index in [2.05, 4.69) is 0 Å². The molecule has 128 valence electrons. The Bertz CT molecular complexity index is 684. The number of benzene rings is 2. The van der Waals surface area contributed by atoms with E-state index in [1.165, 1.54) is 6.42 Å². The lowest BCUT2D eigenvalue weighted by Crippen LogP contribution is -2.20. The zero-order chi connectivity index (χ0) is 17.0. The number of hydrogen-bond acceptors (Lipinski definition) is 3. The maximum absolute atomic E-state index is 13.8. The van der Waals surface area contributed by atoms with Gasteiger partial charge in [0.25, 0.3) is 0 Å². The molecular formula is C20H25O3P. The quantitative estimate of drug-likeness (QED) is 0.598. The summed E-state index contributed by atoms with van der Waals surface area (Å²) in [6.07, 6.45) is 5.17. The first-order valence-corrected chi connectivity index (χ1v) is 10.3. The third kappa shape index (κ3) is 3.84. The van der Waals surface area contributed by atoms with Gasteiger partial charge in [-0.3, -0.25) is 0 Å². The number of rotatable bonds is 5. The normalized spacial score (nSPS) is 15.9. The van der Waals surface area contributed by atoms with E-state index in [1.807, 2.05) is 62.4 Å². The van der Waals surface area contributed by atoms with Crippen molar-refractivity contribution >= 4 is 7.60 Å². The fourth-order valence-corrected chi connectivity index (χ4v) is 5.45. The van der Waals surface area contributed by atoms with Crippen LogP contribution in [0, 0.1) is 13.8 Å². The van der Waals surface area contributed by atoms with E-state index in [9.17, 15) is 4.57 Å². The lowest BCUT2D eigenvalue weighted by molar-refractivity contribution is 0.348. The molecule has 0 spiro atoms. The van der Waals surface area contributed by atoms with E-state index in [1.54, 1.807) is 0 Å². The van der Waals surface area contributed by atoms with Crippen molar-refractivity contribution in [2.24, 2.45) is 0 Å². The summed E-state index contributed by atoms with van der Waals surface area (Å²) in [4.78, 5) is 0. The third-order valence-electron chi connectivity index (χ3n) is 4.66. The maximum atomic E-state index is 13.8. The molecule has 0 heterocycles. The summed E-state index contributed by atoms with van der Waals surface area (Å²) in [6.45, 7) is 3.93. The highest BCUT2D eigenvalue weighted by Crippen LogP contribution is 2.57. The molecule has 24 heavy (non-hydrogen) atoms. The van der Waals surface area contributed by atoms with Crippen molar-refractivity contribution in [3.05, 3.63) is 59.7 Å². The molecule has 3 rings (SSSR count). The van der Waals surface area contributed by atoms with Crippen molar-refractivity contribution in [3.63, 3.8) is 0 Å². The molecule has 0 unspecified atom stereocenters. The second-order valence-corrected chi connectivity index (χ2v) is 8.72. The molecule has 3 nitrogen and oxygen atoms in total. The van der Waals surface area contributed by atoms with Crippen LogP contribution in [-0.2, 0) is 4.57 Å². The van der Waals surface area contributed by atoms with Gasteiger partial charge in [0.1, 0.15) is 11.5 Å². The van der Waals surface area contributed by atoms with Crippen LogP contribution in [-0.4, -0.2) is 5.66 Å². The Morgan fingerprint density at radius 3 is 1.71 bits per heavy atom. The van der Waals surface area contributed by atoms with Crippen LogP contribution in [0.4, 0.5) is 0 Å². The van der Waals surface area contributed by atoms with Gasteiger partial charge in [0.15, 0.2) is 0 Å². The molecule has 0 atom stereocenters. The third-order valence-corrected chi connectivity index (χ3v) is 6.97. The summed E-state index contributed by atoms with van der Waals surface area (Å²) >= 11 is 0. The van der Waals surface area contributed by atoms with Gasteiger partial charge in [0.2, 0.25) is 0 Å². The lowest BCUT2D eigenvalue weighted by atomic mass is 10.0. The Labute approximate surface area is 144 Å². The highest BCUT2D eigenvalue weighted by atomic mass is 31.2. The van der Waals surface area contributed by atoms with E-state index < -0.39 is 7.60 Å². The predicted molar refractivity (Wildman–Crippen MR) is 98.1 cm³/mol. The van der Waals surface area contributed by atoms with Gasteiger partial charge in [-0.05, 0) is 49.9 Å². The molecule has 0 bridgehead atoms. The van der Waals surface area contributed by atoms with Crippen LogP contribution < -0.4 is 9.05 Å². The molecule has 0 saturated heterocycles. The molecule has 0 aromatic heterocycles. The van der Waals surface area contributed by atoms with E-state index in [0.717, 1.165) is 36.8 Å². The number of para-hydroxylation sites is 2. The van der Waals surface area contributed by atoms with E-state index in [-0.39, 0.29) is 5.66 Å². The standard InChI is InChI=1S/C20H25O3P/c1-16-10-6-8-14-19(16)22-24(21,18-12-4-3-5-13-18)23-20-15-9-7-11-17(20)2/h6-11,14-15,18H,3-5,12-13H2,1-2H3. The average molecular weight is 344 g/mol. The van der Waals surface area contributed by atoms with Crippen LogP contribution in [0.15, 0.2) is 48.5 Å². The summed E-state index contributed by atoms with van der Waals surface area (Å²) in [5.41, 5.74) is 1.91. The van der Waals surface area contributed by atoms with Crippen LogP contribution in [0.3, 0.4) is 0 Å². The fraction of sp³-hybridized carbons (Fsp3) is 0.400.